The highest BCUT2D eigenvalue weighted by molar-refractivity contribution is 5.27. The van der Waals surface area contributed by atoms with E-state index in [4.69, 9.17) is 4.74 Å². The Morgan fingerprint density at radius 1 is 1.11 bits per heavy atom. The van der Waals surface area contributed by atoms with E-state index >= 15 is 0 Å². The summed E-state index contributed by atoms with van der Waals surface area (Å²) in [5, 5.41) is 3.40. The van der Waals surface area contributed by atoms with Gasteiger partial charge in [0.1, 0.15) is 5.75 Å². The van der Waals surface area contributed by atoms with Crippen LogP contribution in [0.1, 0.15) is 32.3 Å². The summed E-state index contributed by atoms with van der Waals surface area (Å²) in [7, 11) is 1.70. The third kappa shape index (κ3) is 6.45. The highest BCUT2D eigenvalue weighted by Gasteiger charge is 1.93. The summed E-state index contributed by atoms with van der Waals surface area (Å²) in [5.41, 5.74) is 1.36. The molecule has 1 N–H and O–H groups in total. The minimum absolute atomic E-state index is 0.581. The number of hydrogen-bond donors (Lipinski definition) is 1. The van der Waals surface area contributed by atoms with Crippen molar-refractivity contribution in [2.75, 3.05) is 13.7 Å². The van der Waals surface area contributed by atoms with Gasteiger partial charge in [-0.1, -0.05) is 38.1 Å². The number of methoxy groups -OCH3 is 1. The first-order valence-corrected chi connectivity index (χ1v) is 6.73. The van der Waals surface area contributed by atoms with Crippen molar-refractivity contribution in [2.24, 2.45) is 0 Å². The topological polar surface area (TPSA) is 21.3 Å². The van der Waals surface area contributed by atoms with Gasteiger partial charge < -0.3 is 10.1 Å². The molecule has 0 aliphatic rings. The van der Waals surface area contributed by atoms with E-state index in [2.05, 4.69) is 43.4 Å². The molecule has 0 aromatic heterocycles. The highest BCUT2D eigenvalue weighted by atomic mass is 16.5. The minimum Gasteiger partial charge on any atom is -0.497 e. The average Bonchev–Trinajstić information content (AvgIpc) is 2.38. The van der Waals surface area contributed by atoms with Crippen molar-refractivity contribution in [3.05, 3.63) is 42.0 Å². The molecule has 0 unspecified atom stereocenters. The van der Waals surface area contributed by atoms with Crippen molar-refractivity contribution < 1.29 is 4.74 Å². The number of ether oxygens (including phenoxy) is 1. The van der Waals surface area contributed by atoms with Gasteiger partial charge in [-0.05, 0) is 43.5 Å². The van der Waals surface area contributed by atoms with Gasteiger partial charge in [0, 0.05) is 6.04 Å². The lowest BCUT2D eigenvalue weighted by atomic mass is 10.1. The van der Waals surface area contributed by atoms with E-state index in [0.29, 0.717) is 6.04 Å². The standard InChI is InChI=1S/C16H25NO/c1-14(2)17-13-7-5-4-6-8-15-9-11-16(18-3)12-10-15/h4-5,9-12,14,17H,6-8,13H2,1-3H3. The first kappa shape index (κ1) is 14.8. The molecule has 0 spiro atoms. The summed E-state index contributed by atoms with van der Waals surface area (Å²) in [4.78, 5) is 0. The lowest BCUT2D eigenvalue weighted by molar-refractivity contribution is 0.414. The van der Waals surface area contributed by atoms with Crippen LogP contribution >= 0.6 is 0 Å². The smallest absolute Gasteiger partial charge is 0.118 e. The molecular formula is C16H25NO. The molecule has 2 nitrogen and oxygen atoms in total. The number of allylic oxidation sites excluding steroid dienone is 1. The molecule has 100 valence electrons. The lowest BCUT2D eigenvalue weighted by Gasteiger charge is -2.04. The van der Waals surface area contributed by atoms with Gasteiger partial charge in [0.15, 0.2) is 0 Å². The van der Waals surface area contributed by atoms with Crippen LogP contribution in [-0.4, -0.2) is 19.7 Å². The SMILES string of the molecule is COc1ccc(CCC=CCCNC(C)C)cc1. The van der Waals surface area contributed by atoms with Crippen LogP contribution in [0, 0.1) is 0 Å². The van der Waals surface area contributed by atoms with Crippen LogP contribution in [-0.2, 0) is 6.42 Å². The molecule has 0 heterocycles. The van der Waals surface area contributed by atoms with Gasteiger partial charge in [-0.3, -0.25) is 0 Å². The Bertz CT molecular complexity index is 341. The quantitative estimate of drug-likeness (QED) is 0.560. The number of benzene rings is 1. The van der Waals surface area contributed by atoms with Crippen molar-refractivity contribution in [3.8, 4) is 5.75 Å². The predicted molar refractivity (Wildman–Crippen MR) is 78.2 cm³/mol. The maximum atomic E-state index is 5.14. The molecular weight excluding hydrogens is 222 g/mol. The zero-order chi connectivity index (χ0) is 13.2. The van der Waals surface area contributed by atoms with E-state index in [-0.39, 0.29) is 0 Å². The highest BCUT2D eigenvalue weighted by Crippen LogP contribution is 2.12. The summed E-state index contributed by atoms with van der Waals surface area (Å²) < 4.78 is 5.14. The van der Waals surface area contributed by atoms with Crippen LogP contribution < -0.4 is 10.1 Å². The van der Waals surface area contributed by atoms with Crippen molar-refractivity contribution in [3.63, 3.8) is 0 Å². The fraction of sp³-hybridized carbons (Fsp3) is 0.500. The van der Waals surface area contributed by atoms with Gasteiger partial charge in [0.05, 0.1) is 7.11 Å². The van der Waals surface area contributed by atoms with Crippen LogP contribution in [0.3, 0.4) is 0 Å². The minimum atomic E-state index is 0.581. The van der Waals surface area contributed by atoms with Crippen LogP contribution in [0.15, 0.2) is 36.4 Å². The second-order valence-corrected chi connectivity index (χ2v) is 4.76. The molecule has 1 rings (SSSR count). The fourth-order valence-corrected chi connectivity index (χ4v) is 1.73. The van der Waals surface area contributed by atoms with Crippen molar-refractivity contribution in [1.82, 2.24) is 5.32 Å². The van der Waals surface area contributed by atoms with Crippen LogP contribution in [0.4, 0.5) is 0 Å². The molecule has 0 bridgehead atoms. The Labute approximate surface area is 111 Å². The first-order valence-electron chi connectivity index (χ1n) is 6.73. The summed E-state index contributed by atoms with van der Waals surface area (Å²) in [6.07, 6.45) is 7.85. The Hall–Kier alpha value is -1.28. The Morgan fingerprint density at radius 2 is 1.78 bits per heavy atom. The molecule has 0 aliphatic carbocycles. The monoisotopic (exact) mass is 247 g/mol. The third-order valence-electron chi connectivity index (χ3n) is 2.79. The molecule has 0 amide bonds. The van der Waals surface area contributed by atoms with Crippen molar-refractivity contribution in [1.29, 1.82) is 0 Å². The second-order valence-electron chi connectivity index (χ2n) is 4.76. The zero-order valence-electron chi connectivity index (χ0n) is 11.8. The first-order chi connectivity index (χ1) is 8.72. The zero-order valence-corrected chi connectivity index (χ0v) is 11.8. The molecule has 0 aliphatic heterocycles. The van der Waals surface area contributed by atoms with Gasteiger partial charge >= 0.3 is 0 Å². The summed E-state index contributed by atoms with van der Waals surface area (Å²) in [6.45, 7) is 5.41. The average molecular weight is 247 g/mol. The summed E-state index contributed by atoms with van der Waals surface area (Å²) in [5.74, 6) is 0.925. The van der Waals surface area contributed by atoms with Gasteiger partial charge in [0.2, 0.25) is 0 Å². The predicted octanol–water partition coefficient (Wildman–Crippen LogP) is 3.57. The van der Waals surface area contributed by atoms with E-state index in [1.807, 2.05) is 12.1 Å². The van der Waals surface area contributed by atoms with Crippen molar-refractivity contribution in [2.45, 2.75) is 39.2 Å². The van der Waals surface area contributed by atoms with Crippen molar-refractivity contribution >= 4 is 0 Å². The fourth-order valence-electron chi connectivity index (χ4n) is 1.73. The number of aryl methyl sites for hydroxylation is 1. The van der Waals surface area contributed by atoms with Crippen LogP contribution in [0.5, 0.6) is 5.75 Å². The van der Waals surface area contributed by atoms with Gasteiger partial charge in [0.25, 0.3) is 0 Å². The van der Waals surface area contributed by atoms with E-state index in [9.17, 15) is 0 Å². The molecule has 2 heteroatoms. The molecule has 1 aromatic carbocycles. The number of nitrogens with one attached hydrogen (secondary N) is 1. The van der Waals surface area contributed by atoms with Gasteiger partial charge in [-0.25, -0.2) is 0 Å². The summed E-state index contributed by atoms with van der Waals surface area (Å²) in [6, 6.07) is 8.88. The number of rotatable bonds is 8. The normalized spacial score (nSPS) is 11.3. The molecule has 0 saturated heterocycles. The molecule has 18 heavy (non-hydrogen) atoms. The maximum absolute atomic E-state index is 5.14. The molecule has 1 aromatic rings. The molecule has 0 atom stereocenters. The Balaban J connectivity index is 2.14. The van der Waals surface area contributed by atoms with Gasteiger partial charge in [-0.15, -0.1) is 0 Å². The Kier molecular flexibility index (Phi) is 7.19. The van der Waals surface area contributed by atoms with E-state index in [1.165, 1.54) is 5.56 Å². The summed E-state index contributed by atoms with van der Waals surface area (Å²) >= 11 is 0. The van der Waals surface area contributed by atoms with E-state index < -0.39 is 0 Å². The molecule has 0 radical (unpaired) electrons. The van der Waals surface area contributed by atoms with Crippen LogP contribution in [0.2, 0.25) is 0 Å². The molecule has 0 fully saturated rings. The maximum Gasteiger partial charge on any atom is 0.118 e. The Morgan fingerprint density at radius 3 is 2.39 bits per heavy atom. The third-order valence-corrected chi connectivity index (χ3v) is 2.79. The second kappa shape index (κ2) is 8.76. The van der Waals surface area contributed by atoms with Crippen LogP contribution in [0.25, 0.3) is 0 Å². The lowest BCUT2D eigenvalue weighted by Crippen LogP contribution is -2.23. The molecule has 0 saturated carbocycles. The largest absolute Gasteiger partial charge is 0.497 e. The van der Waals surface area contributed by atoms with E-state index in [1.54, 1.807) is 7.11 Å². The number of hydrogen-bond acceptors (Lipinski definition) is 2. The van der Waals surface area contributed by atoms with Gasteiger partial charge in [-0.2, -0.15) is 0 Å². The van der Waals surface area contributed by atoms with E-state index in [0.717, 1.165) is 31.6 Å².